The molecule has 2 amide bonds. The molecular formula is C20H24N4O4. The number of hydrogen-bond acceptors (Lipinski definition) is 4. The van der Waals surface area contributed by atoms with Crippen molar-refractivity contribution in [2.45, 2.75) is 38.3 Å². The normalized spacial score (nSPS) is 14.2. The van der Waals surface area contributed by atoms with Gasteiger partial charge in [0.15, 0.2) is 0 Å². The maximum Gasteiger partial charge on any atom is 0.317 e. The minimum absolute atomic E-state index is 0.0133. The molecule has 1 unspecified atom stereocenters. The van der Waals surface area contributed by atoms with E-state index in [0.717, 1.165) is 16.8 Å². The fraction of sp³-hybridized carbons (Fsp3) is 0.400. The van der Waals surface area contributed by atoms with Crippen LogP contribution in [0.25, 0.3) is 0 Å². The average molecular weight is 384 g/mol. The molecule has 8 heteroatoms. The molecule has 2 N–H and O–H groups in total. The van der Waals surface area contributed by atoms with Crippen LogP contribution in [-0.2, 0) is 31.2 Å². The smallest absolute Gasteiger partial charge is 0.317 e. The summed E-state index contributed by atoms with van der Waals surface area (Å²) in [5.74, 6) is -0.888. The van der Waals surface area contributed by atoms with Crippen LogP contribution in [-0.4, -0.2) is 44.4 Å². The van der Waals surface area contributed by atoms with Crippen molar-refractivity contribution >= 4 is 12.0 Å². The van der Waals surface area contributed by atoms with E-state index in [0.29, 0.717) is 32.4 Å². The highest BCUT2D eigenvalue weighted by molar-refractivity contribution is 5.75. The molecule has 0 saturated heterocycles. The minimum atomic E-state index is -0.888. The predicted octanol–water partition coefficient (Wildman–Crippen LogP) is 1.32. The number of aromatic nitrogens is 2. The number of nitrogens with zero attached hydrogens (tertiary/aromatic N) is 3. The van der Waals surface area contributed by atoms with E-state index in [4.69, 9.17) is 5.11 Å². The highest BCUT2D eigenvalue weighted by Crippen LogP contribution is 2.16. The molecule has 1 aromatic carbocycles. The fourth-order valence-electron chi connectivity index (χ4n) is 3.35. The number of carbonyl (C=O) groups is 2. The summed E-state index contributed by atoms with van der Waals surface area (Å²) in [5, 5.41) is 16.2. The average Bonchev–Trinajstić information content (AvgIpc) is 2.67. The maximum absolute atomic E-state index is 12.8. The second-order valence-electron chi connectivity index (χ2n) is 7.02. The van der Waals surface area contributed by atoms with Crippen LogP contribution >= 0.6 is 0 Å². The first-order chi connectivity index (χ1) is 13.4. The van der Waals surface area contributed by atoms with Crippen molar-refractivity contribution in [1.82, 2.24) is 20.0 Å². The third-order valence-corrected chi connectivity index (χ3v) is 4.88. The fourth-order valence-corrected chi connectivity index (χ4v) is 3.35. The topological polar surface area (TPSA) is 105 Å². The monoisotopic (exact) mass is 384 g/mol. The van der Waals surface area contributed by atoms with Crippen molar-refractivity contribution in [2.24, 2.45) is 7.05 Å². The molecule has 2 heterocycles. The summed E-state index contributed by atoms with van der Waals surface area (Å²) in [6.07, 6.45) is 1.48. The van der Waals surface area contributed by atoms with Gasteiger partial charge in [-0.2, -0.15) is 5.10 Å². The standard InChI is InChI=1S/C20H24N4O4/c1-23-18(25)12-15-13-24(10-9-17(15)22-23)20(28)21-16(7-8-19(26)27)11-14-5-3-2-4-6-14/h2-6,12,16H,7-11,13H2,1H3,(H,21,28)(H,26,27). The summed E-state index contributed by atoms with van der Waals surface area (Å²) >= 11 is 0. The Morgan fingerprint density at radius 3 is 2.75 bits per heavy atom. The van der Waals surface area contributed by atoms with Crippen molar-refractivity contribution in [3.8, 4) is 0 Å². The van der Waals surface area contributed by atoms with Gasteiger partial charge in [0.25, 0.3) is 5.56 Å². The van der Waals surface area contributed by atoms with Gasteiger partial charge in [0.1, 0.15) is 0 Å². The van der Waals surface area contributed by atoms with E-state index < -0.39 is 5.97 Å². The van der Waals surface area contributed by atoms with Gasteiger partial charge in [-0.15, -0.1) is 0 Å². The van der Waals surface area contributed by atoms with Crippen LogP contribution in [0.15, 0.2) is 41.2 Å². The predicted molar refractivity (Wildman–Crippen MR) is 103 cm³/mol. The van der Waals surface area contributed by atoms with E-state index in [1.807, 2.05) is 30.3 Å². The van der Waals surface area contributed by atoms with E-state index in [9.17, 15) is 14.4 Å². The third kappa shape index (κ3) is 4.97. The van der Waals surface area contributed by atoms with Gasteiger partial charge in [0.2, 0.25) is 0 Å². The van der Waals surface area contributed by atoms with Gasteiger partial charge in [-0.3, -0.25) is 9.59 Å². The lowest BCUT2D eigenvalue weighted by atomic mass is 10.0. The Bertz CT molecular complexity index is 910. The molecule has 0 aliphatic carbocycles. The number of hydrogen-bond donors (Lipinski definition) is 2. The Balaban J connectivity index is 1.67. The third-order valence-electron chi connectivity index (χ3n) is 4.88. The number of carbonyl (C=O) groups excluding carboxylic acids is 1. The molecule has 28 heavy (non-hydrogen) atoms. The number of urea groups is 1. The summed E-state index contributed by atoms with van der Waals surface area (Å²) in [5.41, 5.74) is 2.42. The zero-order valence-electron chi connectivity index (χ0n) is 15.8. The Morgan fingerprint density at radius 1 is 1.29 bits per heavy atom. The Morgan fingerprint density at radius 2 is 2.04 bits per heavy atom. The first-order valence-electron chi connectivity index (χ1n) is 9.29. The Kier molecular flexibility index (Phi) is 6.08. The van der Waals surface area contributed by atoms with Gasteiger partial charge in [-0.1, -0.05) is 30.3 Å². The van der Waals surface area contributed by atoms with Crippen molar-refractivity contribution in [2.75, 3.05) is 6.54 Å². The molecule has 2 aromatic rings. The van der Waals surface area contributed by atoms with Crippen LogP contribution in [0.2, 0.25) is 0 Å². The molecule has 1 aromatic heterocycles. The number of carboxylic acids is 1. The SMILES string of the molecule is Cn1nc2c(cc1=O)CN(C(=O)NC(CCC(=O)O)Cc1ccccc1)CC2. The second kappa shape index (κ2) is 8.69. The molecule has 8 nitrogen and oxygen atoms in total. The Labute approximate surface area is 162 Å². The molecule has 0 spiro atoms. The molecule has 0 radical (unpaired) electrons. The van der Waals surface area contributed by atoms with Crippen molar-refractivity contribution < 1.29 is 14.7 Å². The van der Waals surface area contributed by atoms with E-state index in [1.165, 1.54) is 10.7 Å². The molecule has 148 valence electrons. The largest absolute Gasteiger partial charge is 0.481 e. The van der Waals surface area contributed by atoms with Crippen molar-refractivity contribution in [3.05, 3.63) is 63.6 Å². The summed E-state index contributed by atoms with van der Waals surface area (Å²) in [6.45, 7) is 0.822. The molecule has 1 aliphatic rings. The summed E-state index contributed by atoms with van der Waals surface area (Å²) in [4.78, 5) is 37.2. The summed E-state index contributed by atoms with van der Waals surface area (Å²) in [6, 6.07) is 10.6. The van der Waals surface area contributed by atoms with Crippen molar-refractivity contribution in [3.63, 3.8) is 0 Å². The first kappa shape index (κ1) is 19.6. The zero-order chi connectivity index (χ0) is 20.1. The van der Waals surface area contributed by atoms with E-state index in [-0.39, 0.29) is 24.1 Å². The molecule has 3 rings (SSSR count). The number of rotatable bonds is 6. The number of aliphatic carboxylic acids is 1. The van der Waals surface area contributed by atoms with Gasteiger partial charge in [0, 0.05) is 50.7 Å². The number of benzene rings is 1. The van der Waals surface area contributed by atoms with Crippen LogP contribution in [0.5, 0.6) is 0 Å². The molecular weight excluding hydrogens is 360 g/mol. The highest BCUT2D eigenvalue weighted by atomic mass is 16.4. The van der Waals surface area contributed by atoms with Gasteiger partial charge in [-0.25, -0.2) is 9.48 Å². The van der Waals surface area contributed by atoms with Crippen LogP contribution in [0, 0.1) is 0 Å². The quantitative estimate of drug-likeness (QED) is 0.782. The molecule has 1 aliphatic heterocycles. The Hall–Kier alpha value is -3.16. The van der Waals surface area contributed by atoms with Gasteiger partial charge >= 0.3 is 12.0 Å². The van der Waals surface area contributed by atoms with Crippen LogP contribution in [0.4, 0.5) is 4.79 Å². The number of nitrogens with one attached hydrogen (secondary N) is 1. The highest BCUT2D eigenvalue weighted by Gasteiger charge is 2.24. The molecule has 0 fully saturated rings. The van der Waals surface area contributed by atoms with Crippen LogP contribution < -0.4 is 10.9 Å². The number of carboxylic acid groups (broad SMARTS) is 1. The van der Waals surface area contributed by atoms with E-state index in [2.05, 4.69) is 10.4 Å². The molecule has 0 bridgehead atoms. The first-order valence-corrected chi connectivity index (χ1v) is 9.29. The lowest BCUT2D eigenvalue weighted by molar-refractivity contribution is -0.137. The van der Waals surface area contributed by atoms with Gasteiger partial charge < -0.3 is 15.3 Å². The lowest BCUT2D eigenvalue weighted by Crippen LogP contribution is -2.48. The molecule has 1 atom stereocenters. The minimum Gasteiger partial charge on any atom is -0.481 e. The van der Waals surface area contributed by atoms with Crippen LogP contribution in [0.1, 0.15) is 29.7 Å². The van der Waals surface area contributed by atoms with Crippen LogP contribution in [0.3, 0.4) is 0 Å². The maximum atomic E-state index is 12.8. The lowest BCUT2D eigenvalue weighted by Gasteiger charge is -2.30. The van der Waals surface area contributed by atoms with Gasteiger partial charge in [-0.05, 0) is 18.4 Å². The zero-order valence-corrected chi connectivity index (χ0v) is 15.8. The second-order valence-corrected chi connectivity index (χ2v) is 7.02. The summed E-state index contributed by atoms with van der Waals surface area (Å²) < 4.78 is 1.30. The van der Waals surface area contributed by atoms with Gasteiger partial charge in [0.05, 0.1) is 5.69 Å². The van der Waals surface area contributed by atoms with E-state index in [1.54, 1.807) is 11.9 Å². The summed E-state index contributed by atoms with van der Waals surface area (Å²) in [7, 11) is 1.61. The number of fused-ring (bicyclic) bond motifs is 1. The molecule has 0 saturated carbocycles. The number of amides is 2. The number of aryl methyl sites for hydroxylation is 1. The van der Waals surface area contributed by atoms with E-state index >= 15 is 0 Å². The van der Waals surface area contributed by atoms with Crippen molar-refractivity contribution in [1.29, 1.82) is 0 Å².